The maximum atomic E-state index is 12.4. The highest BCUT2D eigenvalue weighted by Gasteiger charge is 2.13. The molecule has 126 valence electrons. The number of rotatable bonds is 5. The van der Waals surface area contributed by atoms with Crippen LogP contribution >= 0.6 is 0 Å². The normalized spacial score (nSPS) is 10.4. The van der Waals surface area contributed by atoms with Crippen molar-refractivity contribution < 1.29 is 19.4 Å². The van der Waals surface area contributed by atoms with Gasteiger partial charge in [0, 0.05) is 5.69 Å². The topological polar surface area (TPSA) is 102 Å². The second-order valence-electron chi connectivity index (χ2n) is 5.45. The van der Waals surface area contributed by atoms with Crippen molar-refractivity contribution in [1.82, 2.24) is 0 Å². The SMILES string of the molecule is NC(=O)COc1ccc(NC(=O)c2cc3ccccc3cc2O)cc1. The molecule has 0 heterocycles. The molecule has 0 unspecified atom stereocenters. The number of primary amides is 1. The largest absolute Gasteiger partial charge is 0.507 e. The minimum Gasteiger partial charge on any atom is -0.507 e. The van der Waals surface area contributed by atoms with Crippen molar-refractivity contribution in [3.8, 4) is 11.5 Å². The van der Waals surface area contributed by atoms with Crippen LogP contribution in [0.5, 0.6) is 11.5 Å². The third kappa shape index (κ3) is 3.87. The number of anilines is 1. The molecule has 0 fully saturated rings. The number of amides is 2. The van der Waals surface area contributed by atoms with Gasteiger partial charge in [0.1, 0.15) is 11.5 Å². The molecule has 0 aliphatic rings. The number of phenolic OH excluding ortho intramolecular Hbond substituents is 1. The van der Waals surface area contributed by atoms with E-state index in [4.69, 9.17) is 10.5 Å². The molecule has 0 atom stereocenters. The Labute approximate surface area is 143 Å². The summed E-state index contributed by atoms with van der Waals surface area (Å²) in [7, 11) is 0. The smallest absolute Gasteiger partial charge is 0.259 e. The molecule has 0 aliphatic carbocycles. The summed E-state index contributed by atoms with van der Waals surface area (Å²) in [5.74, 6) is -0.610. The number of carbonyl (C=O) groups is 2. The number of hydrogen-bond acceptors (Lipinski definition) is 4. The van der Waals surface area contributed by atoms with Gasteiger partial charge in [-0.25, -0.2) is 0 Å². The van der Waals surface area contributed by atoms with Gasteiger partial charge in [-0.15, -0.1) is 0 Å². The van der Waals surface area contributed by atoms with Gasteiger partial charge in [0.05, 0.1) is 5.56 Å². The van der Waals surface area contributed by atoms with Crippen molar-refractivity contribution in [2.45, 2.75) is 0 Å². The summed E-state index contributed by atoms with van der Waals surface area (Å²) in [5, 5.41) is 14.5. The first kappa shape index (κ1) is 16.3. The molecule has 0 radical (unpaired) electrons. The molecule has 25 heavy (non-hydrogen) atoms. The van der Waals surface area contributed by atoms with Crippen LogP contribution in [0.2, 0.25) is 0 Å². The van der Waals surface area contributed by atoms with Crippen LogP contribution in [0.3, 0.4) is 0 Å². The molecule has 6 nitrogen and oxygen atoms in total. The average Bonchev–Trinajstić information content (AvgIpc) is 2.60. The Balaban J connectivity index is 1.76. The van der Waals surface area contributed by atoms with Crippen LogP contribution in [0.15, 0.2) is 60.7 Å². The van der Waals surface area contributed by atoms with E-state index in [0.717, 1.165) is 10.8 Å². The van der Waals surface area contributed by atoms with Crippen LogP contribution < -0.4 is 15.8 Å². The molecule has 0 aliphatic heterocycles. The fraction of sp³-hybridized carbons (Fsp3) is 0.0526. The maximum Gasteiger partial charge on any atom is 0.259 e. The number of hydrogen-bond donors (Lipinski definition) is 3. The van der Waals surface area contributed by atoms with E-state index in [0.29, 0.717) is 11.4 Å². The first-order valence-corrected chi connectivity index (χ1v) is 7.57. The molecule has 0 saturated carbocycles. The lowest BCUT2D eigenvalue weighted by Crippen LogP contribution is -2.20. The molecule has 0 spiro atoms. The standard InChI is InChI=1S/C19H16N2O4/c20-18(23)11-25-15-7-5-14(6-8-15)21-19(24)16-9-12-3-1-2-4-13(12)10-17(16)22/h1-10,22H,11H2,(H2,20,23)(H,21,24). The van der Waals surface area contributed by atoms with Gasteiger partial charge in [0.15, 0.2) is 6.61 Å². The van der Waals surface area contributed by atoms with Gasteiger partial charge < -0.3 is 20.9 Å². The van der Waals surface area contributed by atoms with E-state index in [1.165, 1.54) is 0 Å². The molecular formula is C19H16N2O4. The number of aromatic hydroxyl groups is 1. The number of phenols is 1. The Kier molecular flexibility index (Phi) is 4.52. The zero-order valence-corrected chi connectivity index (χ0v) is 13.2. The third-order valence-electron chi connectivity index (χ3n) is 3.60. The van der Waals surface area contributed by atoms with Gasteiger partial charge in [-0.05, 0) is 47.2 Å². The lowest BCUT2D eigenvalue weighted by atomic mass is 10.1. The molecular weight excluding hydrogens is 320 g/mol. The number of nitrogens with two attached hydrogens (primary N) is 1. The Morgan fingerprint density at radius 1 is 1.00 bits per heavy atom. The summed E-state index contributed by atoms with van der Waals surface area (Å²) < 4.78 is 5.15. The number of ether oxygens (including phenoxy) is 1. The fourth-order valence-electron chi connectivity index (χ4n) is 2.40. The molecule has 0 saturated heterocycles. The van der Waals surface area contributed by atoms with Crippen molar-refractivity contribution in [2.24, 2.45) is 5.73 Å². The van der Waals surface area contributed by atoms with Gasteiger partial charge in [-0.2, -0.15) is 0 Å². The first-order valence-electron chi connectivity index (χ1n) is 7.57. The van der Waals surface area contributed by atoms with E-state index in [-0.39, 0.29) is 17.9 Å². The molecule has 3 aromatic carbocycles. The number of benzene rings is 3. The molecule has 6 heteroatoms. The zero-order valence-electron chi connectivity index (χ0n) is 13.2. The molecule has 4 N–H and O–H groups in total. The van der Waals surface area contributed by atoms with Crippen LogP contribution in [0.4, 0.5) is 5.69 Å². The Morgan fingerprint density at radius 3 is 2.28 bits per heavy atom. The summed E-state index contributed by atoms with van der Waals surface area (Å²) in [4.78, 5) is 23.1. The van der Waals surface area contributed by atoms with Crippen molar-refractivity contribution in [1.29, 1.82) is 0 Å². The minimum absolute atomic E-state index is 0.0855. The average molecular weight is 336 g/mol. The van der Waals surface area contributed by atoms with Gasteiger partial charge in [0.25, 0.3) is 11.8 Å². The Hall–Kier alpha value is -3.54. The molecule has 0 bridgehead atoms. The van der Waals surface area contributed by atoms with Gasteiger partial charge in [0.2, 0.25) is 0 Å². The Bertz CT molecular complexity index is 936. The second-order valence-corrected chi connectivity index (χ2v) is 5.45. The predicted octanol–water partition coefficient (Wildman–Crippen LogP) is 2.66. The van der Waals surface area contributed by atoms with Crippen LogP contribution in [0.25, 0.3) is 10.8 Å². The summed E-state index contributed by atoms with van der Waals surface area (Å²) in [5.41, 5.74) is 5.73. The second kappa shape index (κ2) is 6.92. The quantitative estimate of drug-likeness (QED) is 0.666. The van der Waals surface area contributed by atoms with Crippen molar-refractivity contribution in [2.75, 3.05) is 11.9 Å². The van der Waals surface area contributed by atoms with E-state index < -0.39 is 11.8 Å². The number of nitrogens with one attached hydrogen (secondary N) is 1. The van der Waals surface area contributed by atoms with E-state index in [1.807, 2.05) is 24.3 Å². The van der Waals surface area contributed by atoms with Crippen molar-refractivity contribution in [3.63, 3.8) is 0 Å². The minimum atomic E-state index is -0.566. The first-order chi connectivity index (χ1) is 12.0. The van der Waals surface area contributed by atoms with Crippen LogP contribution in [0, 0.1) is 0 Å². The molecule has 3 aromatic rings. The van der Waals surface area contributed by atoms with Crippen LogP contribution in [-0.4, -0.2) is 23.5 Å². The highest BCUT2D eigenvalue weighted by molar-refractivity contribution is 6.08. The van der Waals surface area contributed by atoms with E-state index >= 15 is 0 Å². The maximum absolute atomic E-state index is 12.4. The van der Waals surface area contributed by atoms with Crippen LogP contribution in [-0.2, 0) is 4.79 Å². The fourth-order valence-corrected chi connectivity index (χ4v) is 2.40. The zero-order chi connectivity index (χ0) is 17.8. The highest BCUT2D eigenvalue weighted by atomic mass is 16.5. The summed E-state index contributed by atoms with van der Waals surface area (Å²) in [6, 6.07) is 17.2. The lowest BCUT2D eigenvalue weighted by molar-refractivity contribution is -0.119. The lowest BCUT2D eigenvalue weighted by Gasteiger charge is -2.09. The van der Waals surface area contributed by atoms with Gasteiger partial charge >= 0.3 is 0 Å². The predicted molar refractivity (Wildman–Crippen MR) is 94.7 cm³/mol. The Morgan fingerprint density at radius 2 is 1.64 bits per heavy atom. The van der Waals surface area contributed by atoms with E-state index in [2.05, 4.69) is 5.32 Å². The van der Waals surface area contributed by atoms with Crippen molar-refractivity contribution in [3.05, 3.63) is 66.2 Å². The number of carbonyl (C=O) groups excluding carboxylic acids is 2. The molecule has 3 rings (SSSR count). The monoisotopic (exact) mass is 336 g/mol. The third-order valence-corrected chi connectivity index (χ3v) is 3.60. The van der Waals surface area contributed by atoms with Crippen LogP contribution in [0.1, 0.15) is 10.4 Å². The summed E-state index contributed by atoms with van der Waals surface area (Å²) in [6.07, 6.45) is 0. The molecule has 0 aromatic heterocycles. The van der Waals surface area contributed by atoms with E-state index in [1.54, 1.807) is 36.4 Å². The van der Waals surface area contributed by atoms with E-state index in [9.17, 15) is 14.7 Å². The summed E-state index contributed by atoms with van der Waals surface area (Å²) in [6.45, 7) is -0.212. The molecule has 2 amide bonds. The highest BCUT2D eigenvalue weighted by Crippen LogP contribution is 2.26. The van der Waals surface area contributed by atoms with Gasteiger partial charge in [-0.1, -0.05) is 24.3 Å². The number of fused-ring (bicyclic) bond motifs is 1. The van der Waals surface area contributed by atoms with Crippen molar-refractivity contribution >= 4 is 28.3 Å². The summed E-state index contributed by atoms with van der Waals surface area (Å²) >= 11 is 0. The van der Waals surface area contributed by atoms with Gasteiger partial charge in [-0.3, -0.25) is 9.59 Å².